The number of rotatable bonds is 2. The number of hydrogen-bond donors (Lipinski definition) is 2. The van der Waals surface area contributed by atoms with E-state index in [1.54, 1.807) is 6.07 Å². The first-order chi connectivity index (χ1) is 12.2. The highest BCUT2D eigenvalue weighted by molar-refractivity contribution is 5.66. The van der Waals surface area contributed by atoms with Crippen LogP contribution in [0.2, 0.25) is 0 Å². The van der Waals surface area contributed by atoms with E-state index in [0.29, 0.717) is 11.5 Å². The maximum absolute atomic E-state index is 14.3. The predicted octanol–water partition coefficient (Wildman–Crippen LogP) is 1.25. The topological polar surface area (TPSA) is 99.2 Å². The van der Waals surface area contributed by atoms with Crippen LogP contribution in [0.5, 0.6) is 0 Å². The Hall–Kier alpha value is -3.04. The van der Waals surface area contributed by atoms with E-state index >= 15 is 0 Å². The van der Waals surface area contributed by atoms with Gasteiger partial charge in [0.1, 0.15) is 5.82 Å². The molecule has 0 bridgehead atoms. The van der Waals surface area contributed by atoms with Crippen LogP contribution in [-0.2, 0) is 0 Å². The lowest BCUT2D eigenvalue weighted by molar-refractivity contribution is -0.0642. The molecule has 0 unspecified atom stereocenters. The minimum atomic E-state index is -2.87. The number of aromatic amines is 2. The Morgan fingerprint density at radius 1 is 1.23 bits per heavy atom. The number of H-pyrrole nitrogens is 2. The third-order valence-electron chi connectivity index (χ3n) is 4.73. The van der Waals surface area contributed by atoms with Crippen molar-refractivity contribution in [3.05, 3.63) is 45.4 Å². The predicted molar refractivity (Wildman–Crippen MR) is 90.6 cm³/mol. The van der Waals surface area contributed by atoms with Crippen LogP contribution in [0.4, 0.5) is 14.6 Å². The molecule has 0 radical (unpaired) electrons. The van der Waals surface area contributed by atoms with Crippen LogP contribution >= 0.6 is 0 Å². The Labute approximate surface area is 145 Å². The number of hydrogen-bond acceptors (Lipinski definition) is 5. The summed E-state index contributed by atoms with van der Waals surface area (Å²) in [4.78, 5) is 33.7. The summed E-state index contributed by atoms with van der Waals surface area (Å²) >= 11 is 0. The number of nitrogens with zero attached hydrogens (tertiary/aromatic N) is 4. The molecule has 26 heavy (non-hydrogen) atoms. The highest BCUT2D eigenvalue weighted by Crippen LogP contribution is 2.44. The summed E-state index contributed by atoms with van der Waals surface area (Å²) in [7, 11) is 0. The standard InChI is InChI=1S/C16H16F2N6O2/c1-15(2)7-23(8-16(15,17)18)12-5-10(21-11-3-4-20-24(11)12)9-6-19-14(26)22-13(9)25/h3-6H,7-8H2,1-2H3,(H2,19,22,25,26). The van der Waals surface area contributed by atoms with Gasteiger partial charge in [-0.25, -0.2) is 18.6 Å². The van der Waals surface area contributed by atoms with Crippen molar-refractivity contribution in [1.82, 2.24) is 24.6 Å². The molecule has 0 spiro atoms. The zero-order chi connectivity index (χ0) is 18.7. The Bertz CT molecular complexity index is 1100. The molecule has 3 aromatic heterocycles. The summed E-state index contributed by atoms with van der Waals surface area (Å²) in [6, 6.07) is 3.15. The zero-order valence-electron chi connectivity index (χ0n) is 14.1. The molecule has 3 aromatic rings. The maximum Gasteiger partial charge on any atom is 0.325 e. The fraction of sp³-hybridized carbons (Fsp3) is 0.375. The average molecular weight is 362 g/mol. The molecule has 4 rings (SSSR count). The third kappa shape index (κ3) is 2.40. The fourth-order valence-corrected chi connectivity index (χ4v) is 3.12. The second-order valence-corrected chi connectivity index (χ2v) is 7.03. The van der Waals surface area contributed by atoms with Gasteiger partial charge in [0.25, 0.3) is 11.5 Å². The van der Waals surface area contributed by atoms with Gasteiger partial charge in [0, 0.05) is 30.3 Å². The van der Waals surface area contributed by atoms with Crippen LogP contribution in [0.3, 0.4) is 0 Å². The third-order valence-corrected chi connectivity index (χ3v) is 4.73. The van der Waals surface area contributed by atoms with Crippen LogP contribution in [-0.4, -0.2) is 43.6 Å². The summed E-state index contributed by atoms with van der Waals surface area (Å²) in [5.74, 6) is -2.46. The largest absolute Gasteiger partial charge is 0.350 e. The fourth-order valence-electron chi connectivity index (χ4n) is 3.12. The minimum absolute atomic E-state index is 0.125. The van der Waals surface area contributed by atoms with Gasteiger partial charge in [-0.1, -0.05) is 13.8 Å². The van der Waals surface area contributed by atoms with Crippen LogP contribution in [0.1, 0.15) is 13.8 Å². The van der Waals surface area contributed by atoms with Crippen molar-refractivity contribution in [2.75, 3.05) is 18.0 Å². The van der Waals surface area contributed by atoms with Gasteiger partial charge in [0.2, 0.25) is 0 Å². The van der Waals surface area contributed by atoms with Gasteiger partial charge < -0.3 is 9.88 Å². The molecule has 1 aliphatic rings. The molecule has 2 N–H and O–H groups in total. The molecule has 8 nitrogen and oxygen atoms in total. The van der Waals surface area contributed by atoms with Gasteiger partial charge in [-0.2, -0.15) is 9.61 Å². The summed E-state index contributed by atoms with van der Waals surface area (Å²) < 4.78 is 30.1. The average Bonchev–Trinajstić information content (AvgIpc) is 3.08. The molecule has 136 valence electrons. The van der Waals surface area contributed by atoms with Gasteiger partial charge in [-0.3, -0.25) is 9.78 Å². The number of alkyl halides is 2. The molecule has 0 aliphatic carbocycles. The van der Waals surface area contributed by atoms with Crippen LogP contribution in [0.25, 0.3) is 16.9 Å². The van der Waals surface area contributed by atoms with E-state index in [2.05, 4.69) is 20.1 Å². The molecular weight excluding hydrogens is 346 g/mol. The van der Waals surface area contributed by atoms with E-state index < -0.39 is 29.1 Å². The molecule has 1 fully saturated rings. The second kappa shape index (κ2) is 5.23. The summed E-state index contributed by atoms with van der Waals surface area (Å²) in [5.41, 5.74) is -1.63. The molecule has 0 amide bonds. The Kier molecular flexibility index (Phi) is 3.30. The quantitative estimate of drug-likeness (QED) is 0.715. The molecule has 10 heteroatoms. The zero-order valence-corrected chi connectivity index (χ0v) is 14.1. The van der Waals surface area contributed by atoms with Crippen molar-refractivity contribution in [2.24, 2.45) is 5.41 Å². The molecule has 4 heterocycles. The number of nitrogens with one attached hydrogen (secondary N) is 2. The maximum atomic E-state index is 14.3. The van der Waals surface area contributed by atoms with Crippen molar-refractivity contribution >= 4 is 11.5 Å². The lowest BCUT2D eigenvalue weighted by Crippen LogP contribution is -2.34. The number of fused-ring (bicyclic) bond motifs is 1. The number of anilines is 1. The van der Waals surface area contributed by atoms with E-state index in [-0.39, 0.29) is 17.8 Å². The van der Waals surface area contributed by atoms with Gasteiger partial charge in [0.05, 0.1) is 24.0 Å². The molecule has 0 aromatic carbocycles. The summed E-state index contributed by atoms with van der Waals surface area (Å²) in [6.07, 6.45) is 2.76. The number of aromatic nitrogens is 5. The van der Waals surface area contributed by atoms with Crippen LogP contribution < -0.4 is 16.1 Å². The van der Waals surface area contributed by atoms with Crippen molar-refractivity contribution in [1.29, 1.82) is 0 Å². The van der Waals surface area contributed by atoms with Crippen LogP contribution in [0.15, 0.2) is 34.1 Å². The van der Waals surface area contributed by atoms with Gasteiger partial charge in [0.15, 0.2) is 5.65 Å². The normalized spacial score (nSPS) is 18.5. The minimum Gasteiger partial charge on any atom is -0.350 e. The SMILES string of the molecule is CC1(C)CN(c2cc(-c3c[nH]c(=O)[nH]c3=O)nc3ccnn23)CC1(F)F. The Morgan fingerprint density at radius 3 is 2.65 bits per heavy atom. The molecule has 1 saturated heterocycles. The first-order valence-corrected chi connectivity index (χ1v) is 7.98. The van der Waals surface area contributed by atoms with Crippen molar-refractivity contribution < 1.29 is 8.78 Å². The van der Waals surface area contributed by atoms with Gasteiger partial charge in [-0.05, 0) is 0 Å². The summed E-state index contributed by atoms with van der Waals surface area (Å²) in [6.45, 7) is 2.70. The van der Waals surface area contributed by atoms with Crippen molar-refractivity contribution in [3.63, 3.8) is 0 Å². The second-order valence-electron chi connectivity index (χ2n) is 7.03. The van der Waals surface area contributed by atoms with E-state index in [4.69, 9.17) is 0 Å². The lowest BCUT2D eigenvalue weighted by atomic mass is 9.89. The highest BCUT2D eigenvalue weighted by Gasteiger charge is 2.54. The van der Waals surface area contributed by atoms with Gasteiger partial charge >= 0.3 is 5.69 Å². The summed E-state index contributed by atoms with van der Waals surface area (Å²) in [5, 5.41) is 4.15. The van der Waals surface area contributed by atoms with E-state index in [1.165, 1.54) is 41.7 Å². The molecular formula is C16H16F2N6O2. The monoisotopic (exact) mass is 362 g/mol. The van der Waals surface area contributed by atoms with Gasteiger partial charge in [-0.15, -0.1) is 0 Å². The highest BCUT2D eigenvalue weighted by atomic mass is 19.3. The first-order valence-electron chi connectivity index (χ1n) is 7.98. The lowest BCUT2D eigenvalue weighted by Gasteiger charge is -2.24. The van der Waals surface area contributed by atoms with E-state index in [9.17, 15) is 18.4 Å². The Balaban J connectivity index is 1.89. The molecule has 0 saturated carbocycles. The van der Waals surface area contributed by atoms with E-state index in [0.717, 1.165) is 0 Å². The molecule has 0 atom stereocenters. The Morgan fingerprint density at radius 2 is 2.00 bits per heavy atom. The van der Waals surface area contributed by atoms with Crippen LogP contribution in [0, 0.1) is 5.41 Å². The van der Waals surface area contributed by atoms with Crippen molar-refractivity contribution in [3.8, 4) is 11.3 Å². The van der Waals surface area contributed by atoms with Crippen molar-refractivity contribution in [2.45, 2.75) is 19.8 Å². The smallest absolute Gasteiger partial charge is 0.325 e. The molecule has 1 aliphatic heterocycles. The number of halogens is 2. The van der Waals surface area contributed by atoms with E-state index in [1.807, 2.05) is 0 Å². The first kappa shape index (κ1) is 16.4.